The van der Waals surface area contributed by atoms with Crippen molar-refractivity contribution in [2.45, 2.75) is 36.5 Å². The number of hydrogen-bond acceptors (Lipinski definition) is 7. The van der Waals surface area contributed by atoms with E-state index in [1.54, 1.807) is 24.3 Å². The maximum absolute atomic E-state index is 12.7. The molecule has 10 heteroatoms. The number of anilines is 2. The minimum absolute atomic E-state index is 0.00624. The van der Waals surface area contributed by atoms with Gasteiger partial charge in [0.25, 0.3) is 5.56 Å². The van der Waals surface area contributed by atoms with Crippen LogP contribution in [0, 0.1) is 0 Å². The Labute approximate surface area is 186 Å². The number of carbonyl (C=O) groups is 1. The predicted molar refractivity (Wildman–Crippen MR) is 120 cm³/mol. The van der Waals surface area contributed by atoms with Crippen LogP contribution in [0.15, 0.2) is 56.9 Å². The number of ether oxygens (including phenoxy) is 2. The molecule has 0 radical (unpaired) electrons. The van der Waals surface area contributed by atoms with Crippen molar-refractivity contribution in [2.24, 2.45) is 0 Å². The van der Waals surface area contributed by atoms with Gasteiger partial charge >= 0.3 is 5.69 Å². The van der Waals surface area contributed by atoms with Gasteiger partial charge in [-0.2, -0.15) is 0 Å². The Kier molecular flexibility index (Phi) is 4.42. The van der Waals surface area contributed by atoms with Crippen LogP contribution >= 0.6 is 11.8 Å². The largest absolute Gasteiger partial charge is 0.328 e. The second-order valence-electron chi connectivity index (χ2n) is 8.13. The lowest BCUT2D eigenvalue weighted by atomic mass is 10.1. The highest BCUT2D eigenvalue weighted by molar-refractivity contribution is 8.00. The lowest BCUT2D eigenvalue weighted by molar-refractivity contribution is -0.406. The van der Waals surface area contributed by atoms with Crippen LogP contribution in [-0.2, 0) is 20.8 Å². The van der Waals surface area contributed by atoms with E-state index < -0.39 is 17.9 Å². The van der Waals surface area contributed by atoms with Crippen molar-refractivity contribution in [2.75, 3.05) is 22.5 Å². The topological polar surface area (TPSA) is 106 Å². The van der Waals surface area contributed by atoms with Gasteiger partial charge in [0.05, 0.1) is 28.9 Å². The Balaban J connectivity index is 1.14. The molecule has 1 amide bonds. The molecule has 0 atom stereocenters. The van der Waals surface area contributed by atoms with Gasteiger partial charge in [-0.25, -0.2) is 4.79 Å². The summed E-state index contributed by atoms with van der Waals surface area (Å²) in [6, 6.07) is 12.9. The molecule has 4 aliphatic rings. The molecule has 0 spiro atoms. The molecule has 3 saturated heterocycles. The normalized spacial score (nSPS) is 23.7. The number of aromatic amines is 1. The Morgan fingerprint density at radius 1 is 1.12 bits per heavy atom. The van der Waals surface area contributed by atoms with Crippen molar-refractivity contribution in [1.82, 2.24) is 9.55 Å². The summed E-state index contributed by atoms with van der Waals surface area (Å²) in [5, 5.41) is 3.40. The first-order chi connectivity index (χ1) is 15.5. The van der Waals surface area contributed by atoms with Crippen LogP contribution in [0.2, 0.25) is 0 Å². The van der Waals surface area contributed by atoms with Gasteiger partial charge in [0, 0.05) is 23.5 Å². The van der Waals surface area contributed by atoms with E-state index in [1.807, 2.05) is 23.1 Å². The average molecular weight is 452 g/mol. The van der Waals surface area contributed by atoms with Crippen LogP contribution in [0.25, 0.3) is 10.9 Å². The van der Waals surface area contributed by atoms with Gasteiger partial charge in [0.15, 0.2) is 5.79 Å². The Morgan fingerprint density at radius 2 is 1.97 bits per heavy atom. The van der Waals surface area contributed by atoms with Gasteiger partial charge in [0.1, 0.15) is 0 Å². The lowest BCUT2D eigenvalue weighted by Gasteiger charge is -2.37. The molecule has 2 bridgehead atoms. The highest BCUT2D eigenvalue weighted by atomic mass is 32.2. The molecule has 0 unspecified atom stereocenters. The zero-order valence-electron chi connectivity index (χ0n) is 17.0. The molecule has 7 rings (SSSR count). The fraction of sp³-hybridized carbons (Fsp3) is 0.318. The number of benzene rings is 2. The maximum atomic E-state index is 12.7. The quantitative estimate of drug-likeness (QED) is 0.610. The summed E-state index contributed by atoms with van der Waals surface area (Å²) in [6.45, 7) is 0.820. The van der Waals surface area contributed by atoms with E-state index in [9.17, 15) is 14.4 Å². The summed E-state index contributed by atoms with van der Waals surface area (Å²) >= 11 is 1.52. The fourth-order valence-corrected chi connectivity index (χ4v) is 5.27. The van der Waals surface area contributed by atoms with Crippen molar-refractivity contribution < 1.29 is 14.3 Å². The van der Waals surface area contributed by atoms with Crippen molar-refractivity contribution in [3.63, 3.8) is 0 Å². The number of thioether (sulfide) groups is 1. The van der Waals surface area contributed by atoms with E-state index in [1.165, 1.54) is 16.3 Å². The van der Waals surface area contributed by atoms with Crippen molar-refractivity contribution in [3.05, 3.63) is 63.3 Å². The molecule has 2 aromatic carbocycles. The van der Waals surface area contributed by atoms with E-state index in [0.717, 1.165) is 16.3 Å². The van der Waals surface area contributed by atoms with Gasteiger partial charge < -0.3 is 24.7 Å². The third-order valence-corrected chi connectivity index (χ3v) is 7.13. The molecule has 9 nitrogen and oxygen atoms in total. The molecule has 0 aliphatic carbocycles. The minimum Gasteiger partial charge on any atom is -0.324 e. The number of hydrogen-bond donors (Lipinski definition) is 2. The van der Waals surface area contributed by atoms with E-state index >= 15 is 0 Å². The van der Waals surface area contributed by atoms with E-state index in [2.05, 4.69) is 10.3 Å². The zero-order chi connectivity index (χ0) is 21.9. The Hall–Kier alpha value is -3.08. The monoisotopic (exact) mass is 452 g/mol. The molecule has 164 valence electrons. The predicted octanol–water partition coefficient (Wildman–Crippen LogP) is 2.06. The van der Waals surface area contributed by atoms with Crippen LogP contribution in [0.5, 0.6) is 0 Å². The summed E-state index contributed by atoms with van der Waals surface area (Å²) in [5.41, 5.74) is 1.55. The van der Waals surface area contributed by atoms with Gasteiger partial charge in [-0.3, -0.25) is 14.2 Å². The number of rotatable bonds is 5. The number of aromatic nitrogens is 2. The van der Waals surface area contributed by atoms with E-state index in [4.69, 9.17) is 9.47 Å². The van der Waals surface area contributed by atoms with Crippen molar-refractivity contribution >= 4 is 39.9 Å². The third-order valence-electron chi connectivity index (χ3n) is 6.05. The molecule has 4 aliphatic heterocycles. The smallest absolute Gasteiger partial charge is 0.324 e. The summed E-state index contributed by atoms with van der Waals surface area (Å²) in [6.07, 6.45) is 0.640. The molecule has 32 heavy (non-hydrogen) atoms. The van der Waals surface area contributed by atoms with Crippen LogP contribution in [0.1, 0.15) is 12.8 Å². The molecular formula is C22H20N4O5S. The molecular weight excluding hydrogens is 432 g/mol. The van der Waals surface area contributed by atoms with Crippen LogP contribution in [0.4, 0.5) is 11.4 Å². The van der Waals surface area contributed by atoms with Gasteiger partial charge in [-0.15, -0.1) is 11.8 Å². The summed E-state index contributed by atoms with van der Waals surface area (Å²) in [5.74, 6) is -0.323. The molecule has 2 N–H and O–H groups in total. The summed E-state index contributed by atoms with van der Waals surface area (Å²) < 4.78 is 13.2. The molecule has 3 aromatic rings. The number of H-pyrrole nitrogens is 1. The number of nitrogens with zero attached hydrogens (tertiary/aromatic N) is 2. The number of nitrogens with one attached hydrogen (secondary N) is 2. The standard InChI is InChI=1S/C22H20N4O5S/c27-18-11-32-17-7-6-13(10-16(17)23-18)26-12-22(30-21(26)31-22)8-3-9-25-19(28)14-4-1-2-5-15(14)24-20(25)29/h1-2,4-7,10,21H,3,8-9,11-12H2,(H,23,27)(H,24,29). The summed E-state index contributed by atoms with van der Waals surface area (Å²) in [7, 11) is 0. The number of para-hydroxylation sites is 1. The highest BCUT2D eigenvalue weighted by Crippen LogP contribution is 2.46. The maximum Gasteiger partial charge on any atom is 0.328 e. The zero-order valence-corrected chi connectivity index (χ0v) is 17.8. The summed E-state index contributed by atoms with van der Waals surface area (Å²) in [4.78, 5) is 42.5. The minimum atomic E-state index is -0.744. The lowest BCUT2D eigenvalue weighted by Crippen LogP contribution is -2.47. The molecule has 1 aromatic heterocycles. The fourth-order valence-electron chi connectivity index (χ4n) is 4.48. The number of carbonyl (C=O) groups excluding carboxylic acids is 1. The SMILES string of the molecule is O=C1CSc2ccc(N3CC4(CCCn5c(=O)[nH]c6ccccc6c5=O)OC3O4)cc2N1. The highest BCUT2D eigenvalue weighted by Gasteiger charge is 2.58. The first-order valence-electron chi connectivity index (χ1n) is 10.4. The first kappa shape index (κ1) is 19.6. The van der Waals surface area contributed by atoms with Gasteiger partial charge in [-0.1, -0.05) is 12.1 Å². The third kappa shape index (κ3) is 3.14. The Morgan fingerprint density at radius 3 is 2.84 bits per heavy atom. The second-order valence-corrected chi connectivity index (χ2v) is 9.15. The number of amides is 1. The van der Waals surface area contributed by atoms with Crippen LogP contribution in [-0.4, -0.2) is 40.0 Å². The van der Waals surface area contributed by atoms with Crippen LogP contribution < -0.4 is 21.5 Å². The van der Waals surface area contributed by atoms with E-state index in [0.29, 0.717) is 36.0 Å². The Bertz CT molecular complexity index is 1360. The van der Waals surface area contributed by atoms with Gasteiger partial charge in [-0.05, 0) is 36.8 Å². The van der Waals surface area contributed by atoms with Crippen LogP contribution in [0.3, 0.4) is 0 Å². The first-order valence-corrected chi connectivity index (χ1v) is 11.4. The van der Waals surface area contributed by atoms with Crippen molar-refractivity contribution in [3.8, 4) is 0 Å². The van der Waals surface area contributed by atoms with E-state index in [-0.39, 0.29) is 18.0 Å². The second kappa shape index (κ2) is 7.22. The average Bonchev–Trinajstić information content (AvgIpc) is 3.31. The van der Waals surface area contributed by atoms with Gasteiger partial charge in [0.2, 0.25) is 12.3 Å². The molecule has 0 saturated carbocycles. The van der Waals surface area contributed by atoms with Crippen molar-refractivity contribution in [1.29, 1.82) is 0 Å². The molecule has 5 heterocycles. The molecule has 3 fully saturated rings. The number of fused-ring (bicyclic) bond motifs is 3.